The summed E-state index contributed by atoms with van der Waals surface area (Å²) in [6, 6.07) is 12.3. The van der Waals surface area contributed by atoms with E-state index < -0.39 is 20.8 Å². The molecule has 0 N–H and O–H groups in total. The molecule has 2 aromatic rings. The Kier molecular flexibility index (Phi) is 5.69. The quantitative estimate of drug-likeness (QED) is 0.725. The zero-order valence-corrected chi connectivity index (χ0v) is 11.6. The molecule has 0 atom stereocenters. The SMILES string of the molecule is COc1ccc2[cH-]ccc2c1.[Cl][Zr][Cl]. The zero-order chi connectivity index (χ0) is 10.4. The molecule has 0 heterocycles. The van der Waals surface area contributed by atoms with Gasteiger partial charge in [0.25, 0.3) is 0 Å². The molecule has 0 aliphatic carbocycles. The van der Waals surface area contributed by atoms with Crippen molar-refractivity contribution in [2.24, 2.45) is 0 Å². The van der Waals surface area contributed by atoms with Crippen LogP contribution in [0, 0.1) is 0 Å². The van der Waals surface area contributed by atoms with E-state index in [9.17, 15) is 0 Å². The van der Waals surface area contributed by atoms with Gasteiger partial charge in [-0.15, -0.1) is 22.9 Å². The fraction of sp³-hybridized carbons (Fsp3) is 0.100. The summed E-state index contributed by atoms with van der Waals surface area (Å²) in [5, 5.41) is 2.51. The number of hydrogen-bond donors (Lipinski definition) is 0. The normalized spacial score (nSPS) is 9.07. The third kappa shape index (κ3) is 3.34. The van der Waals surface area contributed by atoms with Crippen LogP contribution in [0.25, 0.3) is 10.8 Å². The summed E-state index contributed by atoms with van der Waals surface area (Å²) in [5.41, 5.74) is 0. The molecule has 0 aromatic heterocycles. The van der Waals surface area contributed by atoms with Crippen molar-refractivity contribution >= 4 is 27.8 Å². The summed E-state index contributed by atoms with van der Waals surface area (Å²) < 4.78 is 5.09. The molecule has 0 aliphatic heterocycles. The van der Waals surface area contributed by atoms with Gasteiger partial charge >= 0.3 is 37.9 Å². The van der Waals surface area contributed by atoms with Crippen molar-refractivity contribution in [1.29, 1.82) is 0 Å². The average molecular weight is 307 g/mol. The number of halogens is 2. The standard InChI is InChI=1S/C10H9O.2ClH.Zr/c1-11-10-6-5-8-3-2-4-9(8)7-10;;;/h2-7H,1H3;2*1H;/q-1;;;+2/p-2. The number of fused-ring (bicyclic) bond motifs is 1. The summed E-state index contributed by atoms with van der Waals surface area (Å²) in [7, 11) is 11.6. The van der Waals surface area contributed by atoms with Crippen molar-refractivity contribution in [1.82, 2.24) is 0 Å². The Labute approximate surface area is 102 Å². The van der Waals surface area contributed by atoms with E-state index in [1.165, 1.54) is 10.8 Å². The van der Waals surface area contributed by atoms with E-state index in [-0.39, 0.29) is 0 Å². The second kappa shape index (κ2) is 6.55. The molecule has 0 unspecified atom stereocenters. The van der Waals surface area contributed by atoms with Crippen LogP contribution in [0.3, 0.4) is 0 Å². The van der Waals surface area contributed by atoms with Gasteiger partial charge in [-0.25, -0.2) is 0 Å². The van der Waals surface area contributed by atoms with Crippen LogP contribution in [0.15, 0.2) is 36.4 Å². The predicted octanol–water partition coefficient (Wildman–Crippen LogP) is 3.94. The summed E-state index contributed by atoms with van der Waals surface area (Å²) in [6.07, 6.45) is 0. The average Bonchev–Trinajstić information content (AvgIpc) is 2.65. The first-order valence-corrected chi connectivity index (χ1v) is 10.3. The van der Waals surface area contributed by atoms with Crippen molar-refractivity contribution in [2.45, 2.75) is 0 Å². The van der Waals surface area contributed by atoms with Gasteiger partial charge in [0.1, 0.15) is 0 Å². The van der Waals surface area contributed by atoms with Crippen LogP contribution < -0.4 is 4.74 Å². The molecule has 0 spiro atoms. The molecule has 0 saturated heterocycles. The van der Waals surface area contributed by atoms with Gasteiger partial charge in [-0.05, 0) is 0 Å². The second-order valence-electron chi connectivity index (χ2n) is 2.59. The Bertz CT molecular complexity index is 386. The Balaban J connectivity index is 0.000000293. The monoisotopic (exact) mass is 305 g/mol. The van der Waals surface area contributed by atoms with Crippen LogP contribution in [0.4, 0.5) is 0 Å². The van der Waals surface area contributed by atoms with Gasteiger partial charge in [-0.3, -0.25) is 0 Å². The third-order valence-corrected chi connectivity index (χ3v) is 1.85. The molecule has 0 radical (unpaired) electrons. The molecule has 0 amide bonds. The van der Waals surface area contributed by atoms with Crippen molar-refractivity contribution < 1.29 is 25.6 Å². The van der Waals surface area contributed by atoms with Gasteiger partial charge in [0.05, 0.1) is 12.9 Å². The molecule has 0 fully saturated rings. The van der Waals surface area contributed by atoms with Crippen LogP contribution in [0.1, 0.15) is 0 Å². The van der Waals surface area contributed by atoms with Gasteiger partial charge in [-0.1, -0.05) is 12.1 Å². The molecular weight excluding hydrogens is 298 g/mol. The van der Waals surface area contributed by atoms with Gasteiger partial charge in [-0.2, -0.15) is 12.1 Å². The Hall–Kier alpha value is 0.0931. The first kappa shape index (κ1) is 12.2. The number of methoxy groups -OCH3 is 1. The fourth-order valence-electron chi connectivity index (χ4n) is 1.23. The summed E-state index contributed by atoms with van der Waals surface area (Å²) >= 11 is -0.826. The number of hydrogen-bond acceptors (Lipinski definition) is 1. The first-order chi connectivity index (χ1) is 6.81. The topological polar surface area (TPSA) is 9.23 Å². The molecular formula is C10H9Cl2OZr-. The number of benzene rings is 1. The molecule has 0 aliphatic rings. The van der Waals surface area contributed by atoms with E-state index in [1.807, 2.05) is 18.2 Å². The molecule has 1 nitrogen and oxygen atoms in total. The fourth-order valence-corrected chi connectivity index (χ4v) is 1.23. The molecule has 2 aromatic carbocycles. The van der Waals surface area contributed by atoms with Crippen molar-refractivity contribution in [3.8, 4) is 5.75 Å². The van der Waals surface area contributed by atoms with E-state index in [4.69, 9.17) is 21.8 Å². The maximum atomic E-state index is 5.09. The molecule has 14 heavy (non-hydrogen) atoms. The Morgan fingerprint density at radius 3 is 2.64 bits per heavy atom. The molecule has 0 saturated carbocycles. The van der Waals surface area contributed by atoms with Crippen LogP contribution >= 0.6 is 17.0 Å². The summed E-state index contributed by atoms with van der Waals surface area (Å²) in [6.45, 7) is 0. The minimum absolute atomic E-state index is 0.826. The molecule has 4 heteroatoms. The van der Waals surface area contributed by atoms with Crippen molar-refractivity contribution in [3.05, 3.63) is 36.4 Å². The van der Waals surface area contributed by atoms with E-state index in [0.29, 0.717) is 0 Å². The van der Waals surface area contributed by atoms with Gasteiger partial charge in [0, 0.05) is 0 Å². The molecule has 74 valence electrons. The minimum atomic E-state index is -0.826. The van der Waals surface area contributed by atoms with Gasteiger partial charge in [0.15, 0.2) is 0 Å². The zero-order valence-electron chi connectivity index (χ0n) is 7.63. The summed E-state index contributed by atoms with van der Waals surface area (Å²) in [4.78, 5) is 0. The van der Waals surface area contributed by atoms with Crippen LogP contribution in [0.2, 0.25) is 0 Å². The van der Waals surface area contributed by atoms with E-state index in [0.717, 1.165) is 5.75 Å². The number of rotatable bonds is 1. The number of ether oxygens (including phenoxy) is 1. The van der Waals surface area contributed by atoms with E-state index in [1.54, 1.807) is 7.11 Å². The van der Waals surface area contributed by atoms with Crippen molar-refractivity contribution in [3.63, 3.8) is 0 Å². The Morgan fingerprint density at radius 1 is 1.29 bits per heavy atom. The third-order valence-electron chi connectivity index (χ3n) is 1.85. The van der Waals surface area contributed by atoms with Crippen LogP contribution in [-0.4, -0.2) is 7.11 Å². The van der Waals surface area contributed by atoms with Crippen molar-refractivity contribution in [2.75, 3.05) is 7.11 Å². The van der Waals surface area contributed by atoms with Gasteiger partial charge < -0.3 is 4.74 Å². The van der Waals surface area contributed by atoms with Crippen LogP contribution in [-0.2, 0) is 20.8 Å². The second-order valence-corrected chi connectivity index (χ2v) is 6.32. The maximum absolute atomic E-state index is 5.09. The molecule has 0 bridgehead atoms. The van der Waals surface area contributed by atoms with E-state index in [2.05, 4.69) is 18.2 Å². The first-order valence-electron chi connectivity index (χ1n) is 3.97. The Morgan fingerprint density at radius 2 is 2.00 bits per heavy atom. The predicted molar refractivity (Wildman–Crippen MR) is 57.8 cm³/mol. The van der Waals surface area contributed by atoms with Gasteiger partial charge in [0.2, 0.25) is 0 Å². The van der Waals surface area contributed by atoms with E-state index >= 15 is 0 Å². The molecule has 2 rings (SSSR count). The summed E-state index contributed by atoms with van der Waals surface area (Å²) in [5.74, 6) is 0.920. The van der Waals surface area contributed by atoms with Crippen LogP contribution in [0.5, 0.6) is 5.75 Å².